The summed E-state index contributed by atoms with van der Waals surface area (Å²) in [4.78, 5) is 29.7. The molecule has 0 bridgehead atoms. The Morgan fingerprint density at radius 2 is 2.37 bits per heavy atom. The number of rotatable bonds is 2. The molecule has 98 valence electrons. The largest absolute Gasteiger partial charge is 0.344 e. The van der Waals surface area contributed by atoms with Gasteiger partial charge in [-0.15, -0.1) is 11.3 Å². The molecule has 6 heteroatoms. The van der Waals surface area contributed by atoms with Gasteiger partial charge in [0.2, 0.25) is 5.91 Å². The van der Waals surface area contributed by atoms with E-state index in [-0.39, 0.29) is 11.8 Å². The highest BCUT2D eigenvalue weighted by molar-refractivity contribution is 7.16. The molecule has 1 aromatic heterocycles. The number of aromatic nitrogens is 1. The summed E-state index contributed by atoms with van der Waals surface area (Å²) in [6.45, 7) is 0.692. The van der Waals surface area contributed by atoms with Crippen molar-refractivity contribution in [3.63, 3.8) is 0 Å². The molecular formula is C13H13N3O2S. The summed E-state index contributed by atoms with van der Waals surface area (Å²) >= 11 is 1.50. The van der Waals surface area contributed by atoms with Crippen molar-refractivity contribution in [3.05, 3.63) is 29.3 Å². The summed E-state index contributed by atoms with van der Waals surface area (Å²) in [7, 11) is 1.75. The molecule has 2 amide bonds. The van der Waals surface area contributed by atoms with Crippen molar-refractivity contribution in [1.82, 2.24) is 15.2 Å². The van der Waals surface area contributed by atoms with Crippen molar-refractivity contribution in [1.29, 1.82) is 0 Å². The van der Waals surface area contributed by atoms with Gasteiger partial charge in [0.05, 0.1) is 15.7 Å². The maximum absolute atomic E-state index is 12.1. The minimum atomic E-state index is -0.394. The van der Waals surface area contributed by atoms with Crippen molar-refractivity contribution in [2.45, 2.75) is 12.5 Å². The highest BCUT2D eigenvalue weighted by Crippen LogP contribution is 2.19. The Kier molecular flexibility index (Phi) is 2.94. The van der Waals surface area contributed by atoms with Crippen LogP contribution in [-0.4, -0.2) is 41.3 Å². The van der Waals surface area contributed by atoms with E-state index in [1.807, 2.05) is 12.1 Å². The van der Waals surface area contributed by atoms with Crippen molar-refractivity contribution in [2.75, 3.05) is 13.6 Å². The maximum atomic E-state index is 12.1. The second-order valence-corrected chi connectivity index (χ2v) is 5.50. The second kappa shape index (κ2) is 4.62. The SMILES string of the molecule is CN1CCC(NC(=O)c2ccc3ncsc3c2)C1=O. The first-order chi connectivity index (χ1) is 9.15. The fourth-order valence-electron chi connectivity index (χ4n) is 2.19. The molecule has 1 aromatic carbocycles. The Morgan fingerprint density at radius 1 is 1.53 bits per heavy atom. The molecule has 2 heterocycles. The van der Waals surface area contributed by atoms with Crippen LogP contribution in [0.15, 0.2) is 23.7 Å². The van der Waals surface area contributed by atoms with Crippen LogP contribution in [0.3, 0.4) is 0 Å². The zero-order valence-electron chi connectivity index (χ0n) is 10.4. The van der Waals surface area contributed by atoms with Crippen molar-refractivity contribution < 1.29 is 9.59 Å². The van der Waals surface area contributed by atoms with E-state index in [0.717, 1.165) is 10.2 Å². The molecular weight excluding hydrogens is 262 g/mol. The van der Waals surface area contributed by atoms with Crippen LogP contribution in [0.1, 0.15) is 16.8 Å². The number of carbonyl (C=O) groups excluding carboxylic acids is 2. The molecule has 0 spiro atoms. The van der Waals surface area contributed by atoms with E-state index in [1.54, 1.807) is 23.5 Å². The lowest BCUT2D eigenvalue weighted by Crippen LogP contribution is -2.40. The number of thiazole rings is 1. The van der Waals surface area contributed by atoms with Gasteiger partial charge >= 0.3 is 0 Å². The number of nitrogens with zero attached hydrogens (tertiary/aromatic N) is 2. The number of hydrogen-bond donors (Lipinski definition) is 1. The van der Waals surface area contributed by atoms with E-state index in [4.69, 9.17) is 0 Å². The Morgan fingerprint density at radius 3 is 3.11 bits per heavy atom. The summed E-state index contributed by atoms with van der Waals surface area (Å²) < 4.78 is 0.975. The highest BCUT2D eigenvalue weighted by Gasteiger charge is 2.30. The lowest BCUT2D eigenvalue weighted by molar-refractivity contribution is -0.128. The van der Waals surface area contributed by atoms with E-state index in [2.05, 4.69) is 10.3 Å². The smallest absolute Gasteiger partial charge is 0.251 e. The van der Waals surface area contributed by atoms with Crippen molar-refractivity contribution in [3.8, 4) is 0 Å². The number of fused-ring (bicyclic) bond motifs is 1. The molecule has 1 saturated heterocycles. The van der Waals surface area contributed by atoms with Gasteiger partial charge < -0.3 is 10.2 Å². The summed E-state index contributed by atoms with van der Waals surface area (Å²) in [6, 6.07) is 4.98. The minimum Gasteiger partial charge on any atom is -0.344 e. The van der Waals surface area contributed by atoms with Crippen molar-refractivity contribution in [2.24, 2.45) is 0 Å². The third kappa shape index (κ3) is 2.19. The molecule has 0 aliphatic carbocycles. The Balaban J connectivity index is 1.78. The average Bonchev–Trinajstić information content (AvgIpc) is 2.99. The van der Waals surface area contributed by atoms with E-state index >= 15 is 0 Å². The molecule has 1 aliphatic rings. The topological polar surface area (TPSA) is 62.3 Å². The average molecular weight is 275 g/mol. The highest BCUT2D eigenvalue weighted by atomic mass is 32.1. The normalized spacial score (nSPS) is 19.1. The van der Waals surface area contributed by atoms with Gasteiger partial charge in [-0.3, -0.25) is 9.59 Å². The number of benzene rings is 1. The fraction of sp³-hybridized carbons (Fsp3) is 0.308. The van der Waals surface area contributed by atoms with E-state index in [9.17, 15) is 9.59 Å². The number of likely N-dealkylation sites (N-methyl/N-ethyl adjacent to an activating group) is 1. The van der Waals surface area contributed by atoms with Crippen molar-refractivity contribution >= 4 is 33.4 Å². The lowest BCUT2D eigenvalue weighted by Gasteiger charge is -2.12. The summed E-state index contributed by atoms with van der Waals surface area (Å²) in [5.74, 6) is -0.226. The van der Waals surface area contributed by atoms with Crippen LogP contribution in [0, 0.1) is 0 Å². The molecule has 3 rings (SSSR count). The third-order valence-corrected chi connectivity index (χ3v) is 4.12. The summed E-state index contributed by atoms with van der Waals surface area (Å²) in [6.07, 6.45) is 0.671. The zero-order chi connectivity index (χ0) is 13.4. The minimum absolute atomic E-state index is 0.0211. The predicted molar refractivity (Wildman–Crippen MR) is 73.1 cm³/mol. The quantitative estimate of drug-likeness (QED) is 0.897. The van der Waals surface area contributed by atoms with E-state index in [1.165, 1.54) is 11.3 Å². The van der Waals surface area contributed by atoms with Gasteiger partial charge in [0, 0.05) is 19.2 Å². The van der Waals surface area contributed by atoms with Gasteiger partial charge in [-0.1, -0.05) is 0 Å². The number of carbonyl (C=O) groups is 2. The first-order valence-electron chi connectivity index (χ1n) is 6.04. The van der Waals surface area contributed by atoms with Crippen LogP contribution in [0.25, 0.3) is 10.2 Å². The Labute approximate surface area is 114 Å². The van der Waals surface area contributed by atoms with E-state index in [0.29, 0.717) is 18.5 Å². The van der Waals surface area contributed by atoms with Crippen LogP contribution >= 0.6 is 11.3 Å². The van der Waals surface area contributed by atoms with Crippen LogP contribution in [0.5, 0.6) is 0 Å². The molecule has 5 nitrogen and oxygen atoms in total. The maximum Gasteiger partial charge on any atom is 0.251 e. The first-order valence-corrected chi connectivity index (χ1v) is 6.92. The molecule has 2 aromatic rings. The van der Waals surface area contributed by atoms with Gasteiger partial charge in [0.25, 0.3) is 5.91 Å². The third-order valence-electron chi connectivity index (χ3n) is 3.33. The van der Waals surface area contributed by atoms with Gasteiger partial charge in [-0.25, -0.2) is 4.98 Å². The van der Waals surface area contributed by atoms with Crippen LogP contribution in [0.2, 0.25) is 0 Å². The number of hydrogen-bond acceptors (Lipinski definition) is 4. The molecule has 1 N–H and O–H groups in total. The van der Waals surface area contributed by atoms with Gasteiger partial charge in [-0.2, -0.15) is 0 Å². The molecule has 1 aliphatic heterocycles. The predicted octanol–water partition coefficient (Wildman–Crippen LogP) is 1.26. The number of nitrogens with one attached hydrogen (secondary N) is 1. The number of amides is 2. The molecule has 1 unspecified atom stereocenters. The van der Waals surface area contributed by atoms with Crippen LogP contribution in [-0.2, 0) is 4.79 Å². The summed E-state index contributed by atoms with van der Waals surface area (Å²) in [5.41, 5.74) is 3.21. The molecule has 1 fully saturated rings. The van der Waals surface area contributed by atoms with Gasteiger partial charge in [0.1, 0.15) is 6.04 Å². The lowest BCUT2D eigenvalue weighted by atomic mass is 10.1. The van der Waals surface area contributed by atoms with Gasteiger partial charge in [0.15, 0.2) is 0 Å². The fourth-order valence-corrected chi connectivity index (χ4v) is 2.91. The molecule has 0 radical (unpaired) electrons. The van der Waals surface area contributed by atoms with Crippen LogP contribution in [0.4, 0.5) is 0 Å². The van der Waals surface area contributed by atoms with E-state index < -0.39 is 6.04 Å². The molecule has 19 heavy (non-hydrogen) atoms. The molecule has 0 saturated carbocycles. The number of likely N-dealkylation sites (tertiary alicyclic amines) is 1. The van der Waals surface area contributed by atoms with Crippen LogP contribution < -0.4 is 5.32 Å². The van der Waals surface area contributed by atoms with Gasteiger partial charge in [-0.05, 0) is 24.6 Å². The zero-order valence-corrected chi connectivity index (χ0v) is 11.2. The first kappa shape index (κ1) is 12.1. The standard InChI is InChI=1S/C13H13N3O2S/c1-16-5-4-10(13(16)18)15-12(17)8-2-3-9-11(6-8)19-7-14-9/h2-3,6-7,10H,4-5H2,1H3,(H,15,17). The summed E-state index contributed by atoms with van der Waals surface area (Å²) in [5, 5.41) is 2.79. The second-order valence-electron chi connectivity index (χ2n) is 4.61. The Bertz CT molecular complexity index is 652. The molecule has 1 atom stereocenters. The Hall–Kier alpha value is -1.95. The monoisotopic (exact) mass is 275 g/mol.